The molecule has 0 saturated carbocycles. The minimum absolute atomic E-state index is 0.000660. The van der Waals surface area contributed by atoms with Crippen LogP contribution in [0.5, 0.6) is 34.5 Å². The maximum absolute atomic E-state index is 13.2. The van der Waals surface area contributed by atoms with Crippen molar-refractivity contribution < 1.29 is 125 Å². The Labute approximate surface area is 751 Å². The van der Waals surface area contributed by atoms with Crippen molar-refractivity contribution >= 4 is 111 Å². The Morgan fingerprint density at radius 1 is 0.353 bits per heavy atom. The summed E-state index contributed by atoms with van der Waals surface area (Å²) in [6.07, 6.45) is 2.58. The molecule has 14 aromatic rings. The number of fused-ring (bicyclic) bond motifs is 4. The van der Waals surface area contributed by atoms with Crippen LogP contribution in [-0.2, 0) is 71.2 Å². The highest BCUT2D eigenvalue weighted by atomic mass is 32.2. The van der Waals surface area contributed by atoms with Crippen molar-refractivity contribution in [1.29, 1.82) is 0 Å². The van der Waals surface area contributed by atoms with Crippen LogP contribution in [0.15, 0.2) is 261 Å². The Balaban J connectivity index is 0.000000171. The largest absolute Gasteiger partial charge is 0.506 e. The van der Waals surface area contributed by atoms with Crippen molar-refractivity contribution in [3.63, 3.8) is 0 Å². The van der Waals surface area contributed by atoms with Crippen LogP contribution >= 0.6 is 0 Å². The van der Waals surface area contributed by atoms with Crippen LogP contribution in [0.4, 0.5) is 0 Å². The smallest absolute Gasteiger partial charge is 0.322 e. The average molecular weight is 1860 g/mol. The molecule has 5 heterocycles. The molecule has 0 saturated heterocycles. The summed E-state index contributed by atoms with van der Waals surface area (Å²) in [6.45, 7) is -3.11. The summed E-state index contributed by atoms with van der Waals surface area (Å²) in [5.74, 6) is -11.4. The molecule has 0 atom stereocenters. The maximum Gasteiger partial charge on any atom is 0.322 e. The summed E-state index contributed by atoms with van der Waals surface area (Å²) in [4.78, 5) is 172. The summed E-state index contributed by atoms with van der Waals surface area (Å²) in [7, 11) is -4.47. The fourth-order valence-corrected chi connectivity index (χ4v) is 14.3. The van der Waals surface area contributed by atoms with Crippen molar-refractivity contribution in [2.45, 2.75) is 37.1 Å². The third-order valence-electron chi connectivity index (χ3n) is 19.2. The first kappa shape index (κ1) is 96.2. The monoisotopic (exact) mass is 1860 g/mol. The third-order valence-corrected chi connectivity index (χ3v) is 21.0. The van der Waals surface area contributed by atoms with Gasteiger partial charge in [0.2, 0.25) is 10.0 Å². The zero-order chi connectivity index (χ0) is 96.1. The molecule has 14 N–H and O–H groups in total. The van der Waals surface area contributed by atoms with Gasteiger partial charge in [-0.2, -0.15) is 0 Å². The molecule has 0 unspecified atom stereocenters. The van der Waals surface area contributed by atoms with E-state index in [9.17, 15) is 94.8 Å². The quantitative estimate of drug-likeness (QED) is 0.0254. The molecule has 0 aliphatic rings. The van der Waals surface area contributed by atoms with E-state index in [1.54, 1.807) is 128 Å². The molecule has 9 aromatic carbocycles. The molecule has 0 aliphatic heterocycles. The second-order valence-electron chi connectivity index (χ2n) is 28.6. The number of sulfone groups is 1. The summed E-state index contributed by atoms with van der Waals surface area (Å²) in [6, 6.07) is 63.8. The van der Waals surface area contributed by atoms with E-state index in [2.05, 4.69) is 15.6 Å². The Morgan fingerprint density at radius 2 is 0.647 bits per heavy atom. The molecule has 4 amide bonds. The number of sulfonamides is 1. The number of aliphatic carboxylic acids is 4. The number of nitrogens with two attached hydrogens (primary N) is 1. The number of methoxy groups -OCH3 is 2. The predicted octanol–water partition coefficient (Wildman–Crippen LogP) is 5.54. The van der Waals surface area contributed by atoms with Crippen molar-refractivity contribution in [2.75, 3.05) is 46.7 Å². The van der Waals surface area contributed by atoms with E-state index in [0.29, 0.717) is 39.4 Å². The predicted molar refractivity (Wildman–Crippen MR) is 478 cm³/mol. The molecule has 14 rings (SSSR count). The molecule has 5 aromatic heterocycles. The SMILES string of the molecule is COc1ccc(-c2ccc3c(c2)c(O)c(C(=O)NCC(=O)O)c(=O)n3OCc2ccccc2)cc1.COc1ccc(-c2ccc3c(c2)c(O)c(C(=O)NCC(=O)O)c(=O)n3OCc2ccccc2)nc1.CS(=O)(=O)Cc1ccc2c(c1)c(O)c(C(=O)NCC(=O)O)c(=O)n2OCc1ccccc1.NS(=O)(=O)c1ccc2c(c1)c(O)c(C(=O)NCC(=O)O)c(=O)n2OCc1ccccc1. The highest BCUT2D eigenvalue weighted by Crippen LogP contribution is 2.36. The van der Waals surface area contributed by atoms with Gasteiger partial charge in [-0.05, 0) is 118 Å². The third kappa shape index (κ3) is 24.1. The number of benzene rings is 9. The van der Waals surface area contributed by atoms with Gasteiger partial charge in [0, 0.05) is 33.4 Å². The summed E-state index contributed by atoms with van der Waals surface area (Å²) >= 11 is 0. The number of nitrogens with zero attached hydrogens (tertiary/aromatic N) is 5. The van der Waals surface area contributed by atoms with Crippen molar-refractivity contribution in [2.24, 2.45) is 5.14 Å². The van der Waals surface area contributed by atoms with Crippen molar-refractivity contribution in [3.8, 4) is 56.9 Å². The number of pyridine rings is 5. The van der Waals surface area contributed by atoms with E-state index in [4.69, 9.17) is 54.4 Å². The number of nitrogens with one attached hydrogen (secondary N) is 4. The minimum atomic E-state index is -4.16. The standard InChI is InChI=1S/C26H22N2O7.C25H21N3O7.C21H20N2O8S.C19H17N3O8S/c1-34-19-10-7-17(8-11-19)18-9-12-21-20(13-18)24(31)23(25(32)27-14-22(29)30)26(33)28(21)35-15-16-5-3-2-4-6-16;1-34-17-8-9-19(26-12-17)16-7-10-20-18(11-16)23(31)22(24(32)27-13-21(29)30)25(33)28(20)35-14-15-5-3-2-4-6-15;1-32(29,30)12-14-7-8-16-15(9-14)19(26)18(20(27)22-10-17(24)25)21(28)23(16)31-11-13-5-3-2-4-6-13;20-31(28,29)12-6-7-14-13(8-12)17(25)16(18(26)21-9-15(23)24)19(27)22(14)30-10-11-4-2-1-3-5-11/h2-13,31H,14-15H2,1H3,(H,27,32)(H,29,30);2-12,31H,13-14H2,1H3,(H,27,32)(H,29,30);2-9,26H,10-12H2,1H3,(H,22,27)(H,24,25);1-8,25H,9-10H2,(H,21,26)(H,23,24)(H2,20,28,29). The molecule has 0 aliphatic carbocycles. The highest BCUT2D eigenvalue weighted by molar-refractivity contribution is 7.90. The van der Waals surface area contributed by atoms with Crippen LogP contribution in [0.25, 0.3) is 66.0 Å². The second-order valence-corrected chi connectivity index (χ2v) is 32.3. The van der Waals surface area contributed by atoms with Crippen LogP contribution in [0.3, 0.4) is 0 Å². The van der Waals surface area contributed by atoms with Gasteiger partial charge in [-0.1, -0.05) is 152 Å². The zero-order valence-corrected chi connectivity index (χ0v) is 71.7. The van der Waals surface area contributed by atoms with Gasteiger partial charge in [-0.25, -0.2) is 22.0 Å². The number of hydrogen-bond donors (Lipinski definition) is 13. The number of carbonyl (C=O) groups excluding carboxylic acids is 4. The van der Waals surface area contributed by atoms with E-state index in [1.807, 2.05) is 83.4 Å². The van der Waals surface area contributed by atoms with Crippen LogP contribution in [-0.4, -0.2) is 176 Å². The van der Waals surface area contributed by atoms with Gasteiger partial charge in [-0.15, -0.1) is 18.9 Å². The van der Waals surface area contributed by atoms with Gasteiger partial charge in [0.15, 0.2) is 32.1 Å². The molecular weight excluding hydrogens is 1780 g/mol. The van der Waals surface area contributed by atoms with Crippen LogP contribution < -0.4 is 77.5 Å². The highest BCUT2D eigenvalue weighted by Gasteiger charge is 2.30. The van der Waals surface area contributed by atoms with Crippen LogP contribution in [0.2, 0.25) is 0 Å². The molecule has 686 valence electrons. The molecule has 0 bridgehead atoms. The lowest BCUT2D eigenvalue weighted by molar-refractivity contribution is -0.136. The van der Waals surface area contributed by atoms with E-state index in [1.165, 1.54) is 37.6 Å². The Bertz CT molecular complexity index is 7090. The zero-order valence-electron chi connectivity index (χ0n) is 70.1. The second kappa shape index (κ2) is 42.9. The summed E-state index contributed by atoms with van der Waals surface area (Å²) in [5.41, 5.74) is -0.152. The van der Waals surface area contributed by atoms with Crippen molar-refractivity contribution in [1.82, 2.24) is 45.2 Å². The van der Waals surface area contributed by atoms with E-state index >= 15 is 0 Å². The number of ether oxygens (including phenoxy) is 2. The average Bonchev–Trinajstić information content (AvgIpc) is 0.746. The van der Waals surface area contributed by atoms with Gasteiger partial charge in [-0.3, -0.25) is 62.5 Å². The lowest BCUT2D eigenvalue weighted by atomic mass is 10.0. The molecule has 0 spiro atoms. The molecule has 42 heteroatoms. The maximum atomic E-state index is 13.2. The van der Waals surface area contributed by atoms with E-state index in [0.717, 1.165) is 59.6 Å². The van der Waals surface area contributed by atoms with Gasteiger partial charge < -0.3 is 90.9 Å². The Hall–Kier alpha value is -17.4. The molecule has 40 nitrogen and oxygen atoms in total. The first-order valence-electron chi connectivity index (χ1n) is 39.1. The Kier molecular flexibility index (Phi) is 31.1. The van der Waals surface area contributed by atoms with Crippen molar-refractivity contribution in [3.05, 3.63) is 328 Å². The number of hydrogen-bond acceptors (Lipinski definition) is 27. The van der Waals surface area contributed by atoms with Gasteiger partial charge in [0.1, 0.15) is 87.1 Å². The van der Waals surface area contributed by atoms with E-state index < -0.39 is 161 Å². The number of carboxylic acid groups (broad SMARTS) is 4. The molecule has 0 radical (unpaired) electrons. The Morgan fingerprint density at radius 3 is 0.955 bits per heavy atom. The number of primary sulfonamides is 1. The van der Waals surface area contributed by atoms with E-state index in [-0.39, 0.29) is 80.7 Å². The number of aromatic nitrogens is 5. The van der Waals surface area contributed by atoms with Crippen LogP contribution in [0.1, 0.15) is 69.2 Å². The number of aromatic hydroxyl groups is 4. The topological polar surface area (TPSA) is 597 Å². The molecular formula is C91H80N10O30S2. The molecule has 133 heavy (non-hydrogen) atoms. The minimum Gasteiger partial charge on any atom is -0.506 e. The fraction of sp³-hybridized carbons (Fsp3) is 0.132. The summed E-state index contributed by atoms with van der Waals surface area (Å²) < 4.78 is 60.4. The fourth-order valence-electron chi connectivity index (χ4n) is 13.0. The first-order chi connectivity index (χ1) is 63.4. The lowest BCUT2D eigenvalue weighted by Crippen LogP contribution is -2.37. The first-order valence-corrected chi connectivity index (χ1v) is 42.7. The number of carbonyl (C=O) groups is 8. The molecule has 0 fully saturated rings. The number of rotatable bonds is 31. The number of amides is 4. The van der Waals surface area contributed by atoms with Gasteiger partial charge >= 0.3 is 23.9 Å². The van der Waals surface area contributed by atoms with Gasteiger partial charge in [0.25, 0.3) is 45.9 Å². The number of carboxylic acids is 4. The summed E-state index contributed by atoms with van der Waals surface area (Å²) in [5, 5.41) is 91.9. The normalized spacial score (nSPS) is 10.9. The van der Waals surface area contributed by atoms with Crippen LogP contribution in [0, 0.1) is 0 Å². The lowest BCUT2D eigenvalue weighted by Gasteiger charge is -2.16. The van der Waals surface area contributed by atoms with Gasteiger partial charge in [0.05, 0.1) is 58.8 Å².